The van der Waals surface area contributed by atoms with Crippen molar-refractivity contribution in [1.29, 1.82) is 0 Å². The molecule has 0 unspecified atom stereocenters. The summed E-state index contributed by atoms with van der Waals surface area (Å²) in [5, 5.41) is 0.311. The Kier molecular flexibility index (Phi) is 7.14. The highest BCUT2D eigenvalue weighted by molar-refractivity contribution is 5.90. The monoisotopic (exact) mass is 479 g/mol. The number of nitrogens with one attached hydrogen (secondary N) is 1. The molecule has 0 saturated heterocycles. The molecule has 4 rings (SSSR count). The maximum absolute atomic E-state index is 13.0. The molecule has 0 spiro atoms. The standard InChI is InChI=1S/C26H33N5O4/c1-30(2)24(17-10-8-11-17)27-18-12-7-9-16(13-18)15-31(3)26-28-19-14-20(33-4)22(34-5)23(35-6)21(19)25(32)29-26/h7,9,12-14,17H,8,10-11,15H2,1-6H3,(H,28,29,32). The van der Waals surface area contributed by atoms with Gasteiger partial charge in [0.15, 0.2) is 11.5 Å². The second-order valence-corrected chi connectivity index (χ2v) is 8.95. The molecule has 0 atom stereocenters. The van der Waals surface area contributed by atoms with Crippen molar-refractivity contribution in [1.82, 2.24) is 14.9 Å². The third-order valence-corrected chi connectivity index (χ3v) is 6.35. The van der Waals surface area contributed by atoms with Crippen molar-refractivity contribution in [3.8, 4) is 17.2 Å². The molecule has 0 radical (unpaired) electrons. The lowest BCUT2D eigenvalue weighted by Gasteiger charge is -2.31. The first-order valence-corrected chi connectivity index (χ1v) is 11.6. The van der Waals surface area contributed by atoms with E-state index in [4.69, 9.17) is 19.2 Å². The second kappa shape index (κ2) is 10.2. The minimum Gasteiger partial charge on any atom is -0.493 e. The number of aliphatic imine (C=N–C) groups is 1. The van der Waals surface area contributed by atoms with E-state index < -0.39 is 0 Å². The van der Waals surface area contributed by atoms with E-state index in [1.165, 1.54) is 40.6 Å². The number of hydrogen-bond acceptors (Lipinski definition) is 7. The van der Waals surface area contributed by atoms with Gasteiger partial charge in [0.1, 0.15) is 11.2 Å². The first-order valence-electron chi connectivity index (χ1n) is 11.6. The highest BCUT2D eigenvalue weighted by atomic mass is 16.5. The minimum absolute atomic E-state index is 0.290. The number of fused-ring (bicyclic) bond motifs is 1. The highest BCUT2D eigenvalue weighted by Crippen LogP contribution is 2.41. The van der Waals surface area contributed by atoms with Crippen molar-refractivity contribution in [2.24, 2.45) is 10.9 Å². The second-order valence-electron chi connectivity index (χ2n) is 8.95. The molecule has 1 aliphatic rings. The molecular weight excluding hydrogens is 446 g/mol. The summed E-state index contributed by atoms with van der Waals surface area (Å²) in [6.45, 7) is 0.545. The van der Waals surface area contributed by atoms with E-state index in [9.17, 15) is 4.79 Å². The lowest BCUT2D eigenvalue weighted by atomic mass is 9.84. The zero-order valence-corrected chi connectivity index (χ0v) is 21.2. The van der Waals surface area contributed by atoms with Crippen molar-refractivity contribution < 1.29 is 14.2 Å². The molecule has 35 heavy (non-hydrogen) atoms. The SMILES string of the molecule is COc1cc2nc(N(C)Cc3cccc(N=C(C4CCC4)N(C)C)c3)[nH]c(=O)c2c(OC)c1OC. The first-order chi connectivity index (χ1) is 16.9. The summed E-state index contributed by atoms with van der Waals surface area (Å²) in [5.41, 5.74) is 2.13. The van der Waals surface area contributed by atoms with Gasteiger partial charge in [0.25, 0.3) is 5.56 Å². The van der Waals surface area contributed by atoms with Gasteiger partial charge >= 0.3 is 0 Å². The van der Waals surface area contributed by atoms with E-state index in [2.05, 4.69) is 35.0 Å². The lowest BCUT2D eigenvalue weighted by molar-refractivity contribution is 0.327. The highest BCUT2D eigenvalue weighted by Gasteiger charge is 2.25. The Morgan fingerprint density at radius 3 is 2.43 bits per heavy atom. The number of amidine groups is 1. The van der Waals surface area contributed by atoms with Crippen LogP contribution >= 0.6 is 0 Å². The van der Waals surface area contributed by atoms with E-state index in [1.807, 2.05) is 30.1 Å². The summed E-state index contributed by atoms with van der Waals surface area (Å²) in [6.07, 6.45) is 3.66. The van der Waals surface area contributed by atoms with Crippen LogP contribution in [0.1, 0.15) is 24.8 Å². The Balaban J connectivity index is 1.65. The van der Waals surface area contributed by atoms with Gasteiger partial charge in [0.05, 0.1) is 32.5 Å². The van der Waals surface area contributed by atoms with Crippen LogP contribution in [0.2, 0.25) is 0 Å². The molecule has 0 bridgehead atoms. The van der Waals surface area contributed by atoms with Crippen molar-refractivity contribution in [2.45, 2.75) is 25.8 Å². The molecule has 1 aromatic heterocycles. The predicted molar refractivity (Wildman–Crippen MR) is 139 cm³/mol. The summed E-state index contributed by atoms with van der Waals surface area (Å²) in [6, 6.07) is 9.84. The molecule has 3 aromatic rings. The third kappa shape index (κ3) is 4.89. The van der Waals surface area contributed by atoms with Gasteiger partial charge in [-0.15, -0.1) is 0 Å². The van der Waals surface area contributed by atoms with Gasteiger partial charge in [-0.3, -0.25) is 9.78 Å². The van der Waals surface area contributed by atoms with Crippen molar-refractivity contribution in [2.75, 3.05) is 47.4 Å². The number of rotatable bonds is 8. The van der Waals surface area contributed by atoms with Crippen LogP contribution in [0.3, 0.4) is 0 Å². The van der Waals surface area contributed by atoms with Crippen molar-refractivity contribution in [3.05, 3.63) is 46.2 Å². The molecule has 1 N–H and O–H groups in total. The van der Waals surface area contributed by atoms with E-state index >= 15 is 0 Å². The number of methoxy groups -OCH3 is 3. The molecule has 9 heteroatoms. The largest absolute Gasteiger partial charge is 0.493 e. The summed E-state index contributed by atoms with van der Waals surface area (Å²) < 4.78 is 16.3. The Hall–Kier alpha value is -3.75. The van der Waals surface area contributed by atoms with Gasteiger partial charge in [-0.05, 0) is 30.5 Å². The Morgan fingerprint density at radius 2 is 1.83 bits per heavy atom. The Morgan fingerprint density at radius 1 is 1.09 bits per heavy atom. The number of H-pyrrole nitrogens is 1. The quantitative estimate of drug-likeness (QED) is 0.386. The van der Waals surface area contributed by atoms with Gasteiger partial charge in [-0.25, -0.2) is 9.98 Å². The summed E-state index contributed by atoms with van der Waals surface area (Å²) in [4.78, 5) is 29.5. The van der Waals surface area contributed by atoms with Gasteiger partial charge in [-0.2, -0.15) is 0 Å². The van der Waals surface area contributed by atoms with Crippen LogP contribution < -0.4 is 24.7 Å². The smallest absolute Gasteiger partial charge is 0.264 e. The maximum Gasteiger partial charge on any atom is 0.264 e. The fourth-order valence-corrected chi connectivity index (χ4v) is 4.37. The minimum atomic E-state index is -0.316. The predicted octanol–water partition coefficient (Wildman–Crippen LogP) is 3.98. The van der Waals surface area contributed by atoms with Gasteiger partial charge in [0.2, 0.25) is 11.7 Å². The molecule has 1 aliphatic carbocycles. The molecule has 0 aliphatic heterocycles. The molecule has 2 aromatic carbocycles. The van der Waals surface area contributed by atoms with Crippen LogP contribution in [0.15, 0.2) is 40.1 Å². The van der Waals surface area contributed by atoms with E-state index in [0.717, 1.165) is 17.1 Å². The third-order valence-electron chi connectivity index (χ3n) is 6.35. The molecule has 0 amide bonds. The summed E-state index contributed by atoms with van der Waals surface area (Å²) >= 11 is 0. The molecular formula is C26H33N5O4. The zero-order valence-electron chi connectivity index (χ0n) is 21.2. The van der Waals surface area contributed by atoms with Crippen LogP contribution in [0.5, 0.6) is 17.2 Å². The fraction of sp³-hybridized carbons (Fsp3) is 0.423. The number of aromatic nitrogens is 2. The average Bonchev–Trinajstić information content (AvgIpc) is 2.81. The van der Waals surface area contributed by atoms with Gasteiger partial charge < -0.3 is 24.0 Å². The Bertz CT molecular complexity index is 1300. The van der Waals surface area contributed by atoms with Gasteiger partial charge in [-0.1, -0.05) is 18.6 Å². The molecule has 1 heterocycles. The molecule has 1 saturated carbocycles. The fourth-order valence-electron chi connectivity index (χ4n) is 4.37. The van der Waals surface area contributed by atoms with Crippen molar-refractivity contribution >= 4 is 28.4 Å². The Labute approximate surface area is 205 Å². The maximum atomic E-state index is 13.0. The number of anilines is 1. The number of nitrogens with zero attached hydrogens (tertiary/aromatic N) is 4. The number of hydrogen-bond donors (Lipinski definition) is 1. The van der Waals surface area contributed by atoms with Crippen LogP contribution in [0.4, 0.5) is 11.6 Å². The summed E-state index contributed by atoms with van der Waals surface area (Å²) in [5.74, 6) is 3.19. The van der Waals surface area contributed by atoms with E-state index in [0.29, 0.717) is 46.6 Å². The van der Waals surface area contributed by atoms with Crippen LogP contribution in [-0.2, 0) is 6.54 Å². The summed E-state index contributed by atoms with van der Waals surface area (Å²) in [7, 11) is 10.5. The molecule has 1 fully saturated rings. The van der Waals surface area contributed by atoms with Crippen LogP contribution in [0, 0.1) is 5.92 Å². The van der Waals surface area contributed by atoms with Gasteiger partial charge in [0, 0.05) is 39.7 Å². The van der Waals surface area contributed by atoms with Crippen LogP contribution in [-0.4, -0.2) is 63.2 Å². The molecule has 186 valence electrons. The first kappa shape index (κ1) is 24.4. The normalized spacial score (nSPS) is 13.9. The lowest BCUT2D eigenvalue weighted by Crippen LogP contribution is -2.33. The van der Waals surface area contributed by atoms with Crippen molar-refractivity contribution in [3.63, 3.8) is 0 Å². The number of benzene rings is 2. The average molecular weight is 480 g/mol. The zero-order chi connectivity index (χ0) is 25.1. The number of ether oxygens (including phenoxy) is 3. The topological polar surface area (TPSA) is 92.3 Å². The number of aromatic amines is 1. The van der Waals surface area contributed by atoms with E-state index in [-0.39, 0.29) is 5.56 Å². The van der Waals surface area contributed by atoms with E-state index in [1.54, 1.807) is 6.07 Å². The van der Waals surface area contributed by atoms with Crippen LogP contribution in [0.25, 0.3) is 10.9 Å². The molecule has 9 nitrogen and oxygen atoms in total.